The molecule has 0 aliphatic heterocycles. The Kier molecular flexibility index (Phi) is 5.05. The number of nitrogens with zero attached hydrogens (tertiary/aromatic N) is 1. The summed E-state index contributed by atoms with van der Waals surface area (Å²) in [6.07, 6.45) is 0.0965. The molecule has 0 saturated carbocycles. The van der Waals surface area contributed by atoms with Crippen LogP contribution in [0.4, 0.5) is 9.93 Å². The van der Waals surface area contributed by atoms with Gasteiger partial charge in [-0.2, -0.15) is 0 Å². The van der Waals surface area contributed by atoms with Crippen molar-refractivity contribution < 1.29 is 14.6 Å². The molecule has 0 aliphatic rings. The summed E-state index contributed by atoms with van der Waals surface area (Å²) < 4.78 is 5.15. The van der Waals surface area contributed by atoms with Gasteiger partial charge in [-0.3, -0.25) is 5.32 Å². The van der Waals surface area contributed by atoms with Gasteiger partial charge in [0.05, 0.1) is 4.88 Å². The van der Waals surface area contributed by atoms with Gasteiger partial charge in [0.1, 0.15) is 11.7 Å². The summed E-state index contributed by atoms with van der Waals surface area (Å²) in [6.45, 7) is 5.34. The number of aliphatic hydroxyl groups is 1. The zero-order valence-corrected chi connectivity index (χ0v) is 14.0. The van der Waals surface area contributed by atoms with Crippen molar-refractivity contribution in [2.45, 2.75) is 32.5 Å². The van der Waals surface area contributed by atoms with E-state index in [4.69, 9.17) is 16.3 Å². The molecular weight excluding hydrogens is 324 g/mol. The Morgan fingerprint density at radius 3 is 2.82 bits per heavy atom. The zero-order valence-electron chi connectivity index (χ0n) is 12.5. The number of benzene rings is 1. The van der Waals surface area contributed by atoms with E-state index in [1.165, 1.54) is 17.5 Å². The molecule has 1 amide bonds. The van der Waals surface area contributed by atoms with Gasteiger partial charge in [0, 0.05) is 11.2 Å². The number of halogens is 1. The first-order chi connectivity index (χ1) is 10.2. The molecule has 0 spiro atoms. The number of aliphatic hydroxyl groups excluding tert-OH is 1. The number of nitrogens with one attached hydrogen (secondary N) is 1. The SMILES string of the molecule is CC(C)(C)OC(=O)Nc1ncc(C(O)c2cccc(Cl)c2)s1. The largest absolute Gasteiger partial charge is 0.444 e. The highest BCUT2D eigenvalue weighted by Crippen LogP contribution is 2.30. The molecule has 1 heterocycles. The second-order valence-corrected chi connectivity index (χ2v) is 7.15. The maximum absolute atomic E-state index is 11.7. The molecule has 0 bridgehead atoms. The third kappa shape index (κ3) is 4.69. The molecule has 2 aromatic rings. The van der Waals surface area contributed by atoms with Crippen LogP contribution in [0.3, 0.4) is 0 Å². The molecule has 1 atom stereocenters. The Hall–Kier alpha value is -1.63. The van der Waals surface area contributed by atoms with Gasteiger partial charge < -0.3 is 9.84 Å². The van der Waals surface area contributed by atoms with E-state index in [-0.39, 0.29) is 0 Å². The molecular formula is C15H17ClN2O3S. The van der Waals surface area contributed by atoms with Gasteiger partial charge in [-0.15, -0.1) is 0 Å². The fraction of sp³-hybridized carbons (Fsp3) is 0.333. The summed E-state index contributed by atoms with van der Waals surface area (Å²) in [5, 5.41) is 13.8. The molecule has 22 heavy (non-hydrogen) atoms. The van der Waals surface area contributed by atoms with Gasteiger partial charge >= 0.3 is 6.09 Å². The lowest BCUT2D eigenvalue weighted by molar-refractivity contribution is 0.0636. The van der Waals surface area contributed by atoms with Crippen molar-refractivity contribution in [2.75, 3.05) is 5.32 Å². The van der Waals surface area contributed by atoms with Gasteiger partial charge in [0.15, 0.2) is 5.13 Å². The second-order valence-electron chi connectivity index (χ2n) is 5.65. The van der Waals surface area contributed by atoms with E-state index in [1.807, 2.05) is 0 Å². The molecule has 0 radical (unpaired) electrons. The quantitative estimate of drug-likeness (QED) is 0.877. The Labute approximate surface area is 137 Å². The highest BCUT2D eigenvalue weighted by Gasteiger charge is 2.19. The van der Waals surface area contributed by atoms with Crippen LogP contribution in [0.2, 0.25) is 5.02 Å². The number of hydrogen-bond acceptors (Lipinski definition) is 5. The Bertz CT molecular complexity index is 667. The lowest BCUT2D eigenvalue weighted by Crippen LogP contribution is -2.27. The van der Waals surface area contributed by atoms with Crippen LogP contribution in [0, 0.1) is 0 Å². The molecule has 2 N–H and O–H groups in total. The standard InChI is InChI=1S/C15H17ClN2O3S/c1-15(2,3)21-14(20)18-13-17-8-11(22-13)12(19)9-5-4-6-10(16)7-9/h4-8,12,19H,1-3H3,(H,17,18,20). The number of rotatable bonds is 3. The van der Waals surface area contributed by atoms with E-state index >= 15 is 0 Å². The number of carbonyl (C=O) groups is 1. The highest BCUT2D eigenvalue weighted by atomic mass is 35.5. The third-order valence-electron chi connectivity index (χ3n) is 2.57. The van der Waals surface area contributed by atoms with Crippen LogP contribution in [0.25, 0.3) is 0 Å². The minimum absolute atomic E-state index is 0.366. The van der Waals surface area contributed by atoms with E-state index in [0.717, 1.165) is 0 Å². The molecule has 7 heteroatoms. The van der Waals surface area contributed by atoms with E-state index in [9.17, 15) is 9.90 Å². The summed E-state index contributed by atoms with van der Waals surface area (Å²) in [7, 11) is 0. The van der Waals surface area contributed by atoms with Crippen LogP contribution in [0.5, 0.6) is 0 Å². The molecule has 2 rings (SSSR count). The van der Waals surface area contributed by atoms with Gasteiger partial charge in [0.25, 0.3) is 0 Å². The van der Waals surface area contributed by atoms with E-state index in [2.05, 4.69) is 10.3 Å². The van der Waals surface area contributed by atoms with Gasteiger partial charge in [-0.1, -0.05) is 35.1 Å². The minimum Gasteiger partial charge on any atom is -0.444 e. The van der Waals surface area contributed by atoms with Gasteiger partial charge in [-0.25, -0.2) is 9.78 Å². The predicted octanol–water partition coefficient (Wildman–Crippen LogP) is 4.23. The van der Waals surface area contributed by atoms with Crippen LogP contribution in [0.1, 0.15) is 37.3 Å². The monoisotopic (exact) mass is 340 g/mol. The highest BCUT2D eigenvalue weighted by molar-refractivity contribution is 7.15. The molecule has 1 unspecified atom stereocenters. The molecule has 1 aromatic carbocycles. The Morgan fingerprint density at radius 2 is 2.18 bits per heavy atom. The van der Waals surface area contributed by atoms with Gasteiger partial charge in [-0.05, 0) is 38.5 Å². The number of aromatic nitrogens is 1. The lowest BCUT2D eigenvalue weighted by atomic mass is 10.1. The fourth-order valence-electron chi connectivity index (χ4n) is 1.70. The predicted molar refractivity (Wildman–Crippen MR) is 87.5 cm³/mol. The molecule has 5 nitrogen and oxygen atoms in total. The average Bonchev–Trinajstić information content (AvgIpc) is 2.84. The van der Waals surface area contributed by atoms with Crippen molar-refractivity contribution in [3.63, 3.8) is 0 Å². The minimum atomic E-state index is -0.842. The van der Waals surface area contributed by atoms with Crippen molar-refractivity contribution in [2.24, 2.45) is 0 Å². The van der Waals surface area contributed by atoms with E-state index in [1.54, 1.807) is 45.0 Å². The van der Waals surface area contributed by atoms with Crippen LogP contribution < -0.4 is 5.32 Å². The van der Waals surface area contributed by atoms with E-state index < -0.39 is 17.8 Å². The number of ether oxygens (including phenoxy) is 1. The van der Waals surface area contributed by atoms with Crippen LogP contribution in [0.15, 0.2) is 30.5 Å². The maximum Gasteiger partial charge on any atom is 0.413 e. The number of anilines is 1. The normalized spacial score (nSPS) is 12.8. The van der Waals surface area contributed by atoms with Crippen molar-refractivity contribution in [1.82, 2.24) is 4.98 Å². The maximum atomic E-state index is 11.7. The molecule has 118 valence electrons. The number of amides is 1. The van der Waals surface area contributed by atoms with Crippen molar-refractivity contribution in [1.29, 1.82) is 0 Å². The lowest BCUT2D eigenvalue weighted by Gasteiger charge is -2.18. The number of hydrogen-bond donors (Lipinski definition) is 2. The average molecular weight is 341 g/mol. The van der Waals surface area contributed by atoms with Crippen LogP contribution in [-0.4, -0.2) is 21.8 Å². The summed E-state index contributed by atoms with van der Waals surface area (Å²) in [4.78, 5) is 16.3. The Balaban J connectivity index is 2.06. The van der Waals surface area contributed by atoms with Crippen molar-refractivity contribution in [3.05, 3.63) is 45.9 Å². The zero-order chi connectivity index (χ0) is 16.3. The first-order valence-corrected chi connectivity index (χ1v) is 7.83. The van der Waals surface area contributed by atoms with E-state index in [0.29, 0.717) is 20.6 Å². The first-order valence-electron chi connectivity index (χ1n) is 6.64. The first kappa shape index (κ1) is 16.7. The summed E-state index contributed by atoms with van der Waals surface area (Å²) >= 11 is 7.09. The fourth-order valence-corrected chi connectivity index (χ4v) is 2.72. The number of thiazole rings is 1. The third-order valence-corrected chi connectivity index (χ3v) is 3.77. The molecule has 0 fully saturated rings. The molecule has 0 saturated heterocycles. The topological polar surface area (TPSA) is 71.5 Å². The van der Waals surface area contributed by atoms with Crippen LogP contribution in [-0.2, 0) is 4.74 Å². The number of carbonyl (C=O) groups excluding carboxylic acids is 1. The second kappa shape index (κ2) is 6.64. The van der Waals surface area contributed by atoms with Crippen molar-refractivity contribution >= 4 is 34.2 Å². The molecule has 0 aliphatic carbocycles. The Morgan fingerprint density at radius 1 is 1.45 bits per heavy atom. The van der Waals surface area contributed by atoms with Gasteiger partial charge in [0.2, 0.25) is 0 Å². The molecule has 1 aromatic heterocycles. The van der Waals surface area contributed by atoms with Crippen LogP contribution >= 0.6 is 22.9 Å². The smallest absolute Gasteiger partial charge is 0.413 e. The summed E-state index contributed by atoms with van der Waals surface area (Å²) in [5.41, 5.74) is 0.0877. The van der Waals surface area contributed by atoms with Crippen molar-refractivity contribution in [3.8, 4) is 0 Å². The summed E-state index contributed by atoms with van der Waals surface area (Å²) in [5.74, 6) is 0. The summed E-state index contributed by atoms with van der Waals surface area (Å²) in [6, 6.07) is 6.96.